The molecule has 1 heterocycles. The molecule has 6 heteroatoms. The molecule has 0 atom stereocenters. The van der Waals surface area contributed by atoms with Crippen LogP contribution in [0.4, 0.5) is 0 Å². The lowest BCUT2D eigenvalue weighted by Gasteiger charge is -2.00. The van der Waals surface area contributed by atoms with Crippen molar-refractivity contribution in [1.82, 2.24) is 4.31 Å². The highest BCUT2D eigenvalue weighted by molar-refractivity contribution is 7.89. The fraction of sp³-hybridized carbons (Fsp3) is 0.500. The van der Waals surface area contributed by atoms with Crippen LogP contribution in [0.25, 0.3) is 0 Å². The van der Waals surface area contributed by atoms with Gasteiger partial charge in [-0.05, 0) is 0 Å². The molecule has 0 aromatic rings. The predicted molar refractivity (Wildman–Crippen MR) is 38.8 cm³/mol. The molecule has 0 aromatic heterocycles. The van der Waals surface area contributed by atoms with Gasteiger partial charge < -0.3 is 0 Å². The molecule has 55 valence electrons. The molecular weight excluding hydrogens is 154 g/mol. The van der Waals surface area contributed by atoms with Gasteiger partial charge in [0.25, 0.3) is 6.34 Å². The Morgan fingerprint density at radius 1 is 1.60 bits per heavy atom. The number of hydrogen-bond acceptors (Lipinski definition) is 4. The molecule has 0 N–H and O–H groups in total. The molecule has 1 aliphatic rings. The Kier molecular flexibility index (Phi) is 1.82. The van der Waals surface area contributed by atoms with Gasteiger partial charge in [0.1, 0.15) is 6.34 Å². The Morgan fingerprint density at radius 2 is 2.30 bits per heavy atom. The van der Waals surface area contributed by atoms with Crippen molar-refractivity contribution in [2.24, 2.45) is 9.98 Å². The first-order chi connectivity index (χ1) is 4.61. The molecule has 0 fully saturated rings. The summed E-state index contributed by atoms with van der Waals surface area (Å²) in [6.45, 7) is 0.141. The average Bonchev–Trinajstić information content (AvgIpc) is 1.88. The van der Waals surface area contributed by atoms with Crippen molar-refractivity contribution in [3.63, 3.8) is 0 Å². The van der Waals surface area contributed by atoms with Crippen molar-refractivity contribution in [1.29, 1.82) is 0 Å². The molecule has 0 unspecified atom stereocenters. The van der Waals surface area contributed by atoms with Crippen LogP contribution in [0.1, 0.15) is 0 Å². The van der Waals surface area contributed by atoms with Crippen LogP contribution in [0.5, 0.6) is 0 Å². The molecule has 1 aliphatic heterocycles. The van der Waals surface area contributed by atoms with E-state index in [0.717, 1.165) is 10.6 Å². The summed E-state index contributed by atoms with van der Waals surface area (Å²) in [6, 6.07) is 0. The van der Waals surface area contributed by atoms with E-state index < -0.39 is 10.0 Å². The first kappa shape index (κ1) is 7.36. The van der Waals surface area contributed by atoms with Crippen LogP contribution in [0.2, 0.25) is 0 Å². The van der Waals surface area contributed by atoms with Gasteiger partial charge in [0.05, 0.1) is 6.26 Å². The second-order valence-electron chi connectivity index (χ2n) is 1.85. The Bertz CT molecular complexity index is 266. The van der Waals surface area contributed by atoms with Crippen LogP contribution in [-0.4, -0.2) is 34.0 Å². The normalized spacial score (nSPS) is 19.7. The van der Waals surface area contributed by atoms with Gasteiger partial charge in [0.15, 0.2) is 0 Å². The first-order valence-corrected chi connectivity index (χ1v) is 4.44. The lowest BCUT2D eigenvalue weighted by molar-refractivity contribution is 0.574. The zero-order valence-electron chi connectivity index (χ0n) is 5.43. The third kappa shape index (κ3) is 1.61. The van der Waals surface area contributed by atoms with Crippen LogP contribution in [-0.2, 0) is 10.0 Å². The smallest absolute Gasteiger partial charge is 0.211 e. The second kappa shape index (κ2) is 2.47. The molecule has 0 aliphatic carbocycles. The summed E-state index contributed by atoms with van der Waals surface area (Å²) in [6.07, 6.45) is 3.67. The Labute approximate surface area is 59.1 Å². The summed E-state index contributed by atoms with van der Waals surface area (Å²) in [5.74, 6) is 0. The molecular formula is C4H7N3O2S+. The Hall–Kier alpha value is -0.750. The summed E-state index contributed by atoms with van der Waals surface area (Å²) in [4.78, 5) is 7.20. The third-order valence-electron chi connectivity index (χ3n) is 0.991. The van der Waals surface area contributed by atoms with Gasteiger partial charge in [-0.3, -0.25) is 0 Å². The van der Waals surface area contributed by atoms with Crippen molar-refractivity contribution >= 4 is 22.7 Å². The number of nitrogens with zero attached hydrogens (tertiary/aromatic N) is 3. The highest BCUT2D eigenvalue weighted by Crippen LogP contribution is 1.92. The van der Waals surface area contributed by atoms with Crippen LogP contribution in [0.15, 0.2) is 9.98 Å². The summed E-state index contributed by atoms with van der Waals surface area (Å²) in [5.41, 5.74) is 0. The van der Waals surface area contributed by atoms with Crippen LogP contribution in [0, 0.1) is 0 Å². The van der Waals surface area contributed by atoms with E-state index in [1.165, 1.54) is 12.7 Å². The molecule has 0 bridgehead atoms. The quantitative estimate of drug-likeness (QED) is 0.468. The van der Waals surface area contributed by atoms with Crippen LogP contribution < -0.4 is 4.31 Å². The average molecular weight is 161 g/mol. The van der Waals surface area contributed by atoms with E-state index >= 15 is 0 Å². The van der Waals surface area contributed by atoms with Gasteiger partial charge in [0, 0.05) is 4.31 Å². The molecule has 0 aromatic carbocycles. The first-order valence-electron chi connectivity index (χ1n) is 2.59. The van der Waals surface area contributed by atoms with E-state index in [4.69, 9.17) is 0 Å². The second-order valence-corrected chi connectivity index (χ2v) is 3.79. The van der Waals surface area contributed by atoms with Crippen molar-refractivity contribution < 1.29 is 8.42 Å². The van der Waals surface area contributed by atoms with E-state index in [0.29, 0.717) is 0 Å². The molecule has 0 saturated carbocycles. The lowest BCUT2D eigenvalue weighted by atomic mass is 10.9. The van der Waals surface area contributed by atoms with Gasteiger partial charge >= 0.3 is 10.0 Å². The van der Waals surface area contributed by atoms with Crippen molar-refractivity contribution in [2.45, 2.75) is 0 Å². The van der Waals surface area contributed by atoms with Gasteiger partial charge in [-0.15, -0.1) is 0 Å². The van der Waals surface area contributed by atoms with E-state index in [1.54, 1.807) is 0 Å². The fourth-order valence-electron chi connectivity index (χ4n) is 0.495. The largest absolute Gasteiger partial charge is 0.346 e. The maximum Gasteiger partial charge on any atom is 0.346 e. The number of sulfonamides is 1. The van der Waals surface area contributed by atoms with E-state index in [1.807, 2.05) is 0 Å². The molecule has 1 rings (SSSR count). The minimum Gasteiger partial charge on any atom is -0.211 e. The van der Waals surface area contributed by atoms with Gasteiger partial charge in [-0.2, -0.15) is 13.4 Å². The van der Waals surface area contributed by atoms with Gasteiger partial charge in [-0.25, -0.2) is 4.99 Å². The summed E-state index contributed by atoms with van der Waals surface area (Å²) < 4.78 is 22.6. The molecule has 10 heavy (non-hydrogen) atoms. The molecule has 0 saturated heterocycles. The number of hydrogen-bond donors (Lipinski definition) is 0. The zero-order valence-corrected chi connectivity index (χ0v) is 6.24. The van der Waals surface area contributed by atoms with Gasteiger partial charge in [-0.1, -0.05) is 0 Å². The third-order valence-corrected chi connectivity index (χ3v) is 2.05. The topological polar surface area (TPSA) is 64.8 Å². The maximum absolute atomic E-state index is 10.7. The summed E-state index contributed by atoms with van der Waals surface area (Å²) in [7, 11) is -3.16. The standard InChI is InChI=1S/C4H7N3O2S/c1-10(8,9)7-3-5-2-6-4-7/h2-3H,4H2,1H3/q+1. The van der Waals surface area contributed by atoms with Gasteiger partial charge in [0.2, 0.25) is 6.67 Å². The molecule has 0 spiro atoms. The monoisotopic (exact) mass is 161 g/mol. The summed E-state index contributed by atoms with van der Waals surface area (Å²) in [5, 5.41) is 0. The number of rotatable bonds is 1. The molecule has 0 amide bonds. The zero-order chi connectivity index (χ0) is 7.61. The molecule has 5 nitrogen and oxygen atoms in total. The minimum absolute atomic E-state index is 0.141. The SMILES string of the molecule is CS(=O)(=O)[N+]1C=NC=NC1. The maximum atomic E-state index is 10.7. The summed E-state index contributed by atoms with van der Waals surface area (Å²) >= 11 is 0. The van der Waals surface area contributed by atoms with Crippen LogP contribution >= 0.6 is 0 Å². The minimum atomic E-state index is -3.16. The lowest BCUT2D eigenvalue weighted by Crippen LogP contribution is -2.36. The molecule has 1 radical (unpaired) electrons. The van der Waals surface area contributed by atoms with E-state index in [-0.39, 0.29) is 6.67 Å². The van der Waals surface area contributed by atoms with E-state index in [9.17, 15) is 8.42 Å². The Balaban J connectivity index is 2.79. The number of aliphatic imine (C=N–C) groups is 2. The van der Waals surface area contributed by atoms with E-state index in [2.05, 4.69) is 9.98 Å². The predicted octanol–water partition coefficient (Wildman–Crippen LogP) is -0.886. The fourth-order valence-corrected chi connectivity index (χ4v) is 0.997. The highest BCUT2D eigenvalue weighted by atomic mass is 32.2. The van der Waals surface area contributed by atoms with Crippen molar-refractivity contribution in [3.8, 4) is 0 Å². The van der Waals surface area contributed by atoms with Crippen molar-refractivity contribution in [2.75, 3.05) is 12.9 Å². The Morgan fingerprint density at radius 3 is 2.60 bits per heavy atom. The highest BCUT2D eigenvalue weighted by Gasteiger charge is 2.26. The van der Waals surface area contributed by atoms with Crippen LogP contribution in [0.3, 0.4) is 0 Å². The van der Waals surface area contributed by atoms with Crippen molar-refractivity contribution in [3.05, 3.63) is 0 Å².